The van der Waals surface area contributed by atoms with Crippen LogP contribution in [0.25, 0.3) is 0 Å². The van der Waals surface area contributed by atoms with Crippen molar-refractivity contribution in [1.29, 1.82) is 0 Å². The van der Waals surface area contributed by atoms with Gasteiger partial charge in [-0.25, -0.2) is 9.59 Å². The van der Waals surface area contributed by atoms with Crippen molar-refractivity contribution in [3.05, 3.63) is 35.9 Å². The molecule has 0 radical (unpaired) electrons. The highest BCUT2D eigenvalue weighted by atomic mass is 32.2. The van der Waals surface area contributed by atoms with Gasteiger partial charge in [0.05, 0.1) is 0 Å². The first-order valence-electron chi connectivity index (χ1n) is 9.69. The molecular weight excluding hydrogens is 440 g/mol. The van der Waals surface area contributed by atoms with Gasteiger partial charge in [0.2, 0.25) is 0 Å². The van der Waals surface area contributed by atoms with Crippen LogP contribution in [0.5, 0.6) is 0 Å². The highest BCUT2D eigenvalue weighted by Gasteiger charge is 2.21. The van der Waals surface area contributed by atoms with Crippen LogP contribution in [0.2, 0.25) is 0 Å². The molecule has 0 fully saturated rings. The third-order valence-electron chi connectivity index (χ3n) is 3.83. The van der Waals surface area contributed by atoms with Gasteiger partial charge in [-0.05, 0) is 37.3 Å². The summed E-state index contributed by atoms with van der Waals surface area (Å²) in [5.74, 6) is -2.59. The molecule has 0 aliphatic heterocycles. The number of carboxylic acid groups (broad SMARTS) is 1. The molecule has 0 saturated carbocycles. The molecule has 0 aromatic heterocycles. The van der Waals surface area contributed by atoms with E-state index in [0.29, 0.717) is 12.8 Å². The fraction of sp³-hybridized carbons (Fsp3) is 0.500. The fourth-order valence-electron chi connectivity index (χ4n) is 1.93. The van der Waals surface area contributed by atoms with Crippen LogP contribution in [0.4, 0.5) is 0 Å². The van der Waals surface area contributed by atoms with Gasteiger partial charge in [-0.3, -0.25) is 9.59 Å². The van der Waals surface area contributed by atoms with E-state index in [4.69, 9.17) is 28.0 Å². The summed E-state index contributed by atoms with van der Waals surface area (Å²) in [5, 5.41) is 8.42. The molecule has 0 aliphatic carbocycles. The Bertz CT molecular complexity index is 734. The molecule has 0 aliphatic rings. The van der Waals surface area contributed by atoms with Crippen molar-refractivity contribution in [2.45, 2.75) is 43.9 Å². The lowest BCUT2D eigenvalue weighted by Gasteiger charge is -2.12. The van der Waals surface area contributed by atoms with E-state index in [1.54, 1.807) is 11.8 Å². The molecule has 12 heteroatoms. The maximum absolute atomic E-state index is 11.4. The number of hydrogen-bond donors (Lipinski definition) is 5. The third-order valence-corrected chi connectivity index (χ3v) is 4.48. The highest BCUT2D eigenvalue weighted by Crippen LogP contribution is 2.03. The summed E-state index contributed by atoms with van der Waals surface area (Å²) in [6.07, 6.45) is 2.73. The van der Waals surface area contributed by atoms with Crippen LogP contribution in [0.1, 0.15) is 18.9 Å². The molecule has 0 heterocycles. The minimum Gasteiger partial charge on any atom is -0.480 e. The number of aliphatic carboxylic acids is 1. The van der Waals surface area contributed by atoms with E-state index in [1.165, 1.54) is 6.92 Å². The molecular formula is C20H32N4O7S. The summed E-state index contributed by atoms with van der Waals surface area (Å²) in [6, 6.07) is 5.66. The van der Waals surface area contributed by atoms with Crippen LogP contribution in [-0.4, -0.2) is 71.8 Å². The zero-order chi connectivity index (χ0) is 24.7. The number of esters is 3. The molecule has 4 atom stereocenters. The van der Waals surface area contributed by atoms with Crippen LogP contribution < -0.4 is 22.9 Å². The number of rotatable bonds is 11. The maximum Gasteiger partial charge on any atom is 0.330 e. The molecule has 0 spiro atoms. The summed E-state index contributed by atoms with van der Waals surface area (Å²) in [4.78, 5) is 44.0. The second kappa shape index (κ2) is 16.2. The van der Waals surface area contributed by atoms with Crippen LogP contribution >= 0.6 is 11.8 Å². The van der Waals surface area contributed by atoms with Crippen molar-refractivity contribution < 1.29 is 33.8 Å². The molecule has 0 amide bonds. The zero-order valence-corrected chi connectivity index (χ0v) is 19.0. The van der Waals surface area contributed by atoms with E-state index in [-0.39, 0.29) is 6.61 Å². The van der Waals surface area contributed by atoms with E-state index in [0.717, 1.165) is 11.3 Å². The molecule has 9 N–H and O–H groups in total. The van der Waals surface area contributed by atoms with E-state index >= 15 is 0 Å². The Balaban J connectivity index is 0.000000607. The fourth-order valence-corrected chi connectivity index (χ4v) is 2.42. The Labute approximate surface area is 191 Å². The van der Waals surface area contributed by atoms with Crippen LogP contribution in [0.15, 0.2) is 30.3 Å². The standard InChI is InChI=1S/C12H16N2O3.C8H16N2O4S/c1-8(13)11(15)17-12(16)10(14)7-9-5-3-2-4-6-9;1-15-3-2-5(9)8(13)14-4-6(10)7(11)12/h2-6,8,10H,7,13-14H2,1H3;5-6H,2-4,9-10H2,1H3,(H,11,12)/t8-,10-;5-,6-/m00/s1. The molecule has 11 nitrogen and oxygen atoms in total. The van der Waals surface area contributed by atoms with Crippen LogP contribution in [0.3, 0.4) is 0 Å². The van der Waals surface area contributed by atoms with Gasteiger partial charge in [-0.15, -0.1) is 0 Å². The number of carbonyl (C=O) groups is 4. The summed E-state index contributed by atoms with van der Waals surface area (Å²) in [5.41, 5.74) is 22.4. The molecule has 1 aromatic rings. The van der Waals surface area contributed by atoms with Crippen molar-refractivity contribution in [2.75, 3.05) is 18.6 Å². The monoisotopic (exact) mass is 472 g/mol. The first kappa shape index (κ1) is 29.5. The summed E-state index contributed by atoms with van der Waals surface area (Å²) < 4.78 is 9.16. The number of thioether (sulfide) groups is 1. The summed E-state index contributed by atoms with van der Waals surface area (Å²) in [7, 11) is 0. The molecule has 1 aromatic carbocycles. The molecule has 180 valence electrons. The number of carbonyl (C=O) groups excluding carboxylic acids is 3. The lowest BCUT2D eigenvalue weighted by atomic mass is 10.1. The normalized spacial score (nSPS) is 14.1. The van der Waals surface area contributed by atoms with Crippen molar-refractivity contribution in [1.82, 2.24) is 0 Å². The number of hydrogen-bond acceptors (Lipinski definition) is 11. The molecule has 32 heavy (non-hydrogen) atoms. The van der Waals surface area contributed by atoms with E-state index < -0.39 is 48.0 Å². The highest BCUT2D eigenvalue weighted by molar-refractivity contribution is 7.98. The second-order valence-corrected chi connectivity index (χ2v) is 7.77. The van der Waals surface area contributed by atoms with Gasteiger partial charge in [0.25, 0.3) is 0 Å². The molecule has 0 saturated heterocycles. The third kappa shape index (κ3) is 13.0. The Hall–Kier alpha value is -2.51. The Morgan fingerprint density at radius 2 is 1.53 bits per heavy atom. The number of ether oxygens (including phenoxy) is 2. The van der Waals surface area contributed by atoms with Gasteiger partial charge in [-0.2, -0.15) is 11.8 Å². The maximum atomic E-state index is 11.4. The van der Waals surface area contributed by atoms with Crippen molar-refractivity contribution >= 4 is 35.6 Å². The Morgan fingerprint density at radius 1 is 0.938 bits per heavy atom. The van der Waals surface area contributed by atoms with Crippen molar-refractivity contribution in [3.63, 3.8) is 0 Å². The zero-order valence-electron chi connectivity index (χ0n) is 18.1. The predicted molar refractivity (Wildman–Crippen MR) is 120 cm³/mol. The van der Waals surface area contributed by atoms with E-state index in [1.807, 2.05) is 36.6 Å². The topological polar surface area (TPSA) is 211 Å². The van der Waals surface area contributed by atoms with Gasteiger partial charge in [-0.1, -0.05) is 30.3 Å². The van der Waals surface area contributed by atoms with Crippen molar-refractivity contribution in [3.8, 4) is 0 Å². The van der Waals surface area contributed by atoms with Gasteiger partial charge < -0.3 is 37.5 Å². The predicted octanol–water partition coefficient (Wildman–Crippen LogP) is -1.00. The molecule has 1 rings (SSSR count). The van der Waals surface area contributed by atoms with Crippen LogP contribution in [-0.2, 0) is 35.1 Å². The summed E-state index contributed by atoms with van der Waals surface area (Å²) in [6.45, 7) is 1.10. The van der Waals surface area contributed by atoms with Gasteiger partial charge >= 0.3 is 23.9 Å². The lowest BCUT2D eigenvalue weighted by molar-refractivity contribution is -0.161. The molecule has 0 unspecified atom stereocenters. The largest absolute Gasteiger partial charge is 0.480 e. The SMILES string of the molecule is CSCC[C@H](N)C(=O)OC[C@H](N)C(=O)O.C[C@H](N)C(=O)OC(=O)[C@@H](N)Cc1ccccc1. The first-order chi connectivity index (χ1) is 15.0. The van der Waals surface area contributed by atoms with E-state index in [2.05, 4.69) is 9.47 Å². The van der Waals surface area contributed by atoms with Gasteiger partial charge in [0.15, 0.2) is 0 Å². The first-order valence-corrected chi connectivity index (χ1v) is 11.1. The smallest absolute Gasteiger partial charge is 0.330 e. The van der Waals surface area contributed by atoms with Gasteiger partial charge in [0.1, 0.15) is 30.8 Å². The Morgan fingerprint density at radius 3 is 2.03 bits per heavy atom. The Kier molecular flexibility index (Phi) is 14.9. The average Bonchev–Trinajstić information content (AvgIpc) is 2.76. The second-order valence-electron chi connectivity index (χ2n) is 6.79. The minimum atomic E-state index is -1.21. The molecule has 0 bridgehead atoms. The number of nitrogens with two attached hydrogens (primary N) is 4. The van der Waals surface area contributed by atoms with Gasteiger partial charge in [0, 0.05) is 0 Å². The van der Waals surface area contributed by atoms with Crippen LogP contribution in [0, 0.1) is 0 Å². The van der Waals surface area contributed by atoms with Crippen molar-refractivity contribution in [2.24, 2.45) is 22.9 Å². The van der Waals surface area contributed by atoms with E-state index in [9.17, 15) is 19.2 Å². The minimum absolute atomic E-state index is 0.325. The quantitative estimate of drug-likeness (QED) is 0.194. The number of carboxylic acids is 1. The number of benzene rings is 1. The summed E-state index contributed by atoms with van der Waals surface area (Å²) >= 11 is 1.57. The lowest BCUT2D eigenvalue weighted by Crippen LogP contribution is -2.39. The average molecular weight is 473 g/mol.